The first kappa shape index (κ1) is 24.3. The zero-order chi connectivity index (χ0) is 24.5. The predicted molar refractivity (Wildman–Crippen MR) is 133 cm³/mol. The van der Waals surface area contributed by atoms with E-state index in [0.29, 0.717) is 35.7 Å². The summed E-state index contributed by atoms with van der Waals surface area (Å²) in [5.74, 6) is 0.446. The number of pyridine rings is 1. The van der Waals surface area contributed by atoms with E-state index < -0.39 is 0 Å². The second-order valence-corrected chi connectivity index (χ2v) is 8.41. The second-order valence-electron chi connectivity index (χ2n) is 8.41. The molecule has 7 nitrogen and oxygen atoms in total. The van der Waals surface area contributed by atoms with Crippen molar-refractivity contribution in [2.75, 3.05) is 26.3 Å². The number of ether oxygens (including phenoxy) is 2. The van der Waals surface area contributed by atoms with Crippen LogP contribution in [-0.2, 0) is 11.3 Å². The van der Waals surface area contributed by atoms with Crippen LogP contribution in [0.4, 0.5) is 0 Å². The number of amides is 2. The Morgan fingerprint density at radius 3 is 2.43 bits per heavy atom. The molecule has 2 amide bonds. The molecule has 0 bridgehead atoms. The van der Waals surface area contributed by atoms with Gasteiger partial charge in [0.2, 0.25) is 0 Å². The van der Waals surface area contributed by atoms with Gasteiger partial charge >= 0.3 is 0 Å². The highest BCUT2D eigenvalue weighted by Crippen LogP contribution is 2.29. The number of rotatable bonds is 8. The van der Waals surface area contributed by atoms with Gasteiger partial charge in [0.1, 0.15) is 5.49 Å². The zero-order valence-corrected chi connectivity index (χ0v) is 20.1. The Morgan fingerprint density at radius 1 is 0.886 bits per heavy atom. The smallest absolute Gasteiger partial charge is 0.279 e. The Morgan fingerprint density at radius 2 is 1.66 bits per heavy atom. The van der Waals surface area contributed by atoms with Crippen LogP contribution in [0.2, 0.25) is 0 Å². The highest BCUT2D eigenvalue weighted by atomic mass is 16.5. The topological polar surface area (TPSA) is 73.1 Å². The van der Waals surface area contributed by atoms with Crippen molar-refractivity contribution < 1.29 is 19.1 Å². The van der Waals surface area contributed by atoms with E-state index in [1.54, 1.807) is 18.2 Å². The van der Waals surface area contributed by atoms with Crippen LogP contribution in [0.5, 0.6) is 11.5 Å². The van der Waals surface area contributed by atoms with Crippen molar-refractivity contribution in [2.45, 2.75) is 32.7 Å². The molecule has 182 valence electrons. The molecule has 0 atom stereocenters. The Hall–Kier alpha value is -3.87. The Labute approximate surface area is 205 Å². The molecular formula is C28H31N3O4. The summed E-state index contributed by atoms with van der Waals surface area (Å²) >= 11 is 0. The van der Waals surface area contributed by atoms with Crippen LogP contribution in [-0.4, -0.2) is 47.6 Å². The minimum atomic E-state index is -0.380. The van der Waals surface area contributed by atoms with Gasteiger partial charge in [-0.15, -0.1) is 0 Å². The first-order valence-electron chi connectivity index (χ1n) is 12.1. The van der Waals surface area contributed by atoms with Gasteiger partial charge in [0, 0.05) is 31.4 Å². The molecule has 3 aromatic rings. The Kier molecular flexibility index (Phi) is 8.33. The van der Waals surface area contributed by atoms with Crippen molar-refractivity contribution in [3.63, 3.8) is 0 Å². The maximum atomic E-state index is 13.0. The lowest BCUT2D eigenvalue weighted by molar-refractivity contribution is -0.134. The quantitative estimate of drug-likeness (QED) is 0.494. The van der Waals surface area contributed by atoms with Crippen molar-refractivity contribution in [3.05, 3.63) is 89.5 Å². The molecule has 0 radical (unpaired) electrons. The third-order valence-corrected chi connectivity index (χ3v) is 5.88. The summed E-state index contributed by atoms with van der Waals surface area (Å²) in [5, 5.41) is 0. The van der Waals surface area contributed by atoms with Crippen molar-refractivity contribution in [1.29, 1.82) is 0 Å². The van der Waals surface area contributed by atoms with Gasteiger partial charge in [-0.05, 0) is 62.1 Å². The van der Waals surface area contributed by atoms with E-state index in [4.69, 9.17) is 9.47 Å². The second kappa shape index (κ2) is 12.0. The SMILES string of the molecule is CCOc1cc(C(=O)N=c2ccccn2Cc2ccccc2)ccc1OCC(=O)N1CCCCC1. The number of hydrogen-bond acceptors (Lipinski definition) is 4. The van der Waals surface area contributed by atoms with E-state index in [9.17, 15) is 9.59 Å². The number of carbonyl (C=O) groups is 2. The maximum absolute atomic E-state index is 13.0. The molecule has 0 spiro atoms. The fourth-order valence-electron chi connectivity index (χ4n) is 4.05. The van der Waals surface area contributed by atoms with E-state index in [-0.39, 0.29) is 18.4 Å². The van der Waals surface area contributed by atoms with E-state index >= 15 is 0 Å². The first-order valence-corrected chi connectivity index (χ1v) is 12.1. The molecule has 7 heteroatoms. The highest BCUT2D eigenvalue weighted by molar-refractivity contribution is 5.95. The molecular weight excluding hydrogens is 442 g/mol. The fourth-order valence-corrected chi connectivity index (χ4v) is 4.05. The molecule has 0 aliphatic carbocycles. The van der Waals surface area contributed by atoms with Crippen LogP contribution in [0.15, 0.2) is 77.9 Å². The van der Waals surface area contributed by atoms with Crippen LogP contribution >= 0.6 is 0 Å². The number of benzene rings is 2. The van der Waals surface area contributed by atoms with Gasteiger partial charge in [-0.3, -0.25) is 9.59 Å². The molecule has 2 heterocycles. The third-order valence-electron chi connectivity index (χ3n) is 5.88. The van der Waals surface area contributed by atoms with Crippen molar-refractivity contribution in [3.8, 4) is 11.5 Å². The largest absolute Gasteiger partial charge is 0.490 e. The molecule has 1 aliphatic heterocycles. The van der Waals surface area contributed by atoms with Crippen molar-refractivity contribution in [2.24, 2.45) is 4.99 Å². The summed E-state index contributed by atoms with van der Waals surface area (Å²) in [4.78, 5) is 31.7. The van der Waals surface area contributed by atoms with E-state index in [2.05, 4.69) is 4.99 Å². The molecule has 0 unspecified atom stereocenters. The standard InChI is InChI=1S/C28H31N3O4/c1-2-34-25-19-23(14-15-24(25)35-21-27(32)30-16-8-4-9-17-30)28(33)29-26-13-7-10-18-31(26)20-22-11-5-3-6-12-22/h3,5-7,10-15,18-19H,2,4,8-9,16-17,20-21H2,1H3. The average molecular weight is 474 g/mol. The maximum Gasteiger partial charge on any atom is 0.279 e. The molecule has 0 N–H and O–H groups in total. The Balaban J connectivity index is 1.51. The van der Waals surface area contributed by atoms with E-state index in [1.807, 2.05) is 71.1 Å². The van der Waals surface area contributed by atoms with Crippen LogP contribution in [0, 0.1) is 0 Å². The fraction of sp³-hybridized carbons (Fsp3) is 0.321. The predicted octanol–water partition coefficient (Wildman–Crippen LogP) is 4.07. The van der Waals surface area contributed by atoms with Crippen molar-refractivity contribution >= 4 is 11.8 Å². The number of likely N-dealkylation sites (tertiary alicyclic amines) is 1. The van der Waals surface area contributed by atoms with E-state index in [1.165, 1.54) is 0 Å². The monoisotopic (exact) mass is 473 g/mol. The highest BCUT2D eigenvalue weighted by Gasteiger charge is 2.18. The van der Waals surface area contributed by atoms with Crippen LogP contribution in [0.3, 0.4) is 0 Å². The lowest BCUT2D eigenvalue weighted by Gasteiger charge is -2.26. The number of hydrogen-bond donors (Lipinski definition) is 0. The molecule has 35 heavy (non-hydrogen) atoms. The molecule has 1 saturated heterocycles. The first-order chi connectivity index (χ1) is 17.1. The molecule has 1 aromatic heterocycles. The molecule has 4 rings (SSSR count). The van der Waals surface area contributed by atoms with Gasteiger partial charge in [-0.2, -0.15) is 4.99 Å². The summed E-state index contributed by atoms with van der Waals surface area (Å²) in [6.45, 7) is 4.37. The summed E-state index contributed by atoms with van der Waals surface area (Å²) in [6.07, 6.45) is 5.13. The number of nitrogens with zero attached hydrogens (tertiary/aromatic N) is 3. The third kappa shape index (κ3) is 6.59. The number of carbonyl (C=O) groups excluding carboxylic acids is 2. The summed E-state index contributed by atoms with van der Waals surface area (Å²) in [5.41, 5.74) is 2.07. The number of piperidine rings is 1. The van der Waals surface area contributed by atoms with Gasteiger partial charge in [-0.25, -0.2) is 0 Å². The van der Waals surface area contributed by atoms with Crippen LogP contribution in [0.1, 0.15) is 42.1 Å². The molecule has 0 saturated carbocycles. The summed E-state index contributed by atoms with van der Waals surface area (Å²) < 4.78 is 13.4. The van der Waals surface area contributed by atoms with Crippen molar-refractivity contribution in [1.82, 2.24) is 9.47 Å². The molecule has 1 fully saturated rings. The lowest BCUT2D eigenvalue weighted by Crippen LogP contribution is -2.38. The van der Waals surface area contributed by atoms with E-state index in [0.717, 1.165) is 37.9 Å². The minimum absolute atomic E-state index is 0.0330. The van der Waals surface area contributed by atoms with Gasteiger partial charge in [0.25, 0.3) is 11.8 Å². The summed E-state index contributed by atoms with van der Waals surface area (Å²) in [7, 11) is 0. The molecule has 1 aliphatic rings. The minimum Gasteiger partial charge on any atom is -0.490 e. The Bertz CT molecular complexity index is 1210. The van der Waals surface area contributed by atoms with Crippen LogP contribution in [0.25, 0.3) is 0 Å². The normalized spacial score (nSPS) is 14.0. The lowest BCUT2D eigenvalue weighted by atomic mass is 10.1. The van der Waals surface area contributed by atoms with Gasteiger partial charge in [0.15, 0.2) is 18.1 Å². The summed E-state index contributed by atoms with van der Waals surface area (Å²) in [6, 6.07) is 20.5. The number of aromatic nitrogens is 1. The van der Waals surface area contributed by atoms with Gasteiger partial charge in [-0.1, -0.05) is 36.4 Å². The molecule has 2 aromatic carbocycles. The average Bonchev–Trinajstić information content (AvgIpc) is 2.90. The van der Waals surface area contributed by atoms with Gasteiger partial charge < -0.3 is 18.9 Å². The van der Waals surface area contributed by atoms with Crippen LogP contribution < -0.4 is 15.0 Å². The van der Waals surface area contributed by atoms with Gasteiger partial charge in [0.05, 0.1) is 6.61 Å². The zero-order valence-electron chi connectivity index (χ0n) is 20.1.